The number of aryl methyl sites for hydroxylation is 1. The maximum Gasteiger partial charge on any atom is 0.121 e. The minimum absolute atomic E-state index is 0.362. The lowest BCUT2D eigenvalue weighted by Gasteiger charge is -2.35. The van der Waals surface area contributed by atoms with E-state index in [-0.39, 0.29) is 5.41 Å². The first-order valence-electron chi connectivity index (χ1n) is 5.86. The van der Waals surface area contributed by atoms with Crippen molar-refractivity contribution in [2.75, 3.05) is 25.1 Å². The first-order chi connectivity index (χ1) is 8.72. The molecule has 0 amide bonds. The quantitative estimate of drug-likeness (QED) is 0.886. The number of hydrogen-bond donors (Lipinski definition) is 1. The molecule has 2 aromatic rings. The Hall–Kier alpha value is -2.06. The third kappa shape index (κ3) is 1.71. The summed E-state index contributed by atoms with van der Waals surface area (Å²) in [5, 5.41) is 12.4. The van der Waals surface area contributed by atoms with Gasteiger partial charge in [0.15, 0.2) is 0 Å². The van der Waals surface area contributed by atoms with Gasteiger partial charge in [0, 0.05) is 19.3 Å². The van der Waals surface area contributed by atoms with Crippen LogP contribution in [-0.4, -0.2) is 29.3 Å². The van der Waals surface area contributed by atoms with Gasteiger partial charge in [0.25, 0.3) is 0 Å². The van der Waals surface area contributed by atoms with Crippen LogP contribution in [0.4, 0.5) is 5.69 Å². The second-order valence-electron chi connectivity index (χ2n) is 4.80. The second kappa shape index (κ2) is 4.00. The average molecular weight is 242 g/mol. The standard InChI is InChI=1S/C13H14N4O/c1-17-9-16-11-4-10(2-3-12(11)17)15-6-13(5-14)7-18-8-13/h2-4,9,15H,6-8H2,1H3. The van der Waals surface area contributed by atoms with Gasteiger partial charge in [-0.1, -0.05) is 0 Å². The molecule has 0 saturated carbocycles. The van der Waals surface area contributed by atoms with Crippen LogP contribution in [0.1, 0.15) is 0 Å². The Morgan fingerprint density at radius 1 is 1.56 bits per heavy atom. The molecule has 1 aliphatic heterocycles. The van der Waals surface area contributed by atoms with Gasteiger partial charge in [0.2, 0.25) is 0 Å². The zero-order valence-electron chi connectivity index (χ0n) is 10.2. The van der Waals surface area contributed by atoms with Gasteiger partial charge in [-0.05, 0) is 18.2 Å². The topological polar surface area (TPSA) is 62.9 Å². The van der Waals surface area contributed by atoms with Crippen molar-refractivity contribution in [3.63, 3.8) is 0 Å². The number of imidazole rings is 1. The van der Waals surface area contributed by atoms with Gasteiger partial charge < -0.3 is 14.6 Å². The zero-order chi connectivity index (χ0) is 12.6. The van der Waals surface area contributed by atoms with E-state index in [2.05, 4.69) is 16.4 Å². The van der Waals surface area contributed by atoms with Gasteiger partial charge in [0.1, 0.15) is 5.41 Å². The first-order valence-corrected chi connectivity index (χ1v) is 5.86. The number of anilines is 1. The number of fused-ring (bicyclic) bond motifs is 1. The first kappa shape index (κ1) is 11.1. The summed E-state index contributed by atoms with van der Waals surface area (Å²) in [6.45, 7) is 1.65. The number of nitrogens with one attached hydrogen (secondary N) is 1. The molecule has 1 aliphatic rings. The molecule has 0 bridgehead atoms. The van der Waals surface area contributed by atoms with Crippen LogP contribution >= 0.6 is 0 Å². The van der Waals surface area contributed by atoms with Gasteiger partial charge >= 0.3 is 0 Å². The fraction of sp³-hybridized carbons (Fsp3) is 0.385. The number of benzene rings is 1. The molecule has 5 nitrogen and oxygen atoms in total. The Balaban J connectivity index is 1.77. The highest BCUT2D eigenvalue weighted by molar-refractivity contribution is 5.79. The van der Waals surface area contributed by atoms with Gasteiger partial charge in [-0.15, -0.1) is 0 Å². The smallest absolute Gasteiger partial charge is 0.121 e. The normalized spacial score (nSPS) is 17.1. The van der Waals surface area contributed by atoms with Crippen molar-refractivity contribution in [2.45, 2.75) is 0 Å². The molecule has 5 heteroatoms. The molecule has 0 aliphatic carbocycles. The van der Waals surface area contributed by atoms with E-state index >= 15 is 0 Å². The van der Waals surface area contributed by atoms with Crippen molar-refractivity contribution >= 4 is 16.7 Å². The molecule has 0 spiro atoms. The Kier molecular flexibility index (Phi) is 2.46. The third-order valence-electron chi connectivity index (χ3n) is 3.35. The average Bonchev–Trinajstić information content (AvgIpc) is 2.70. The molecule has 18 heavy (non-hydrogen) atoms. The minimum Gasteiger partial charge on any atom is -0.383 e. The Labute approximate surface area is 105 Å². The molecule has 1 aromatic heterocycles. The molecule has 0 atom stereocenters. The molecule has 0 unspecified atom stereocenters. The fourth-order valence-corrected chi connectivity index (χ4v) is 2.07. The van der Waals surface area contributed by atoms with E-state index in [4.69, 9.17) is 10.00 Å². The van der Waals surface area contributed by atoms with Crippen molar-refractivity contribution in [3.8, 4) is 6.07 Å². The van der Waals surface area contributed by atoms with Crippen LogP contribution in [0.25, 0.3) is 11.0 Å². The molecular weight excluding hydrogens is 228 g/mol. The summed E-state index contributed by atoms with van der Waals surface area (Å²) in [5.41, 5.74) is 2.68. The van der Waals surface area contributed by atoms with E-state index in [9.17, 15) is 0 Å². The number of ether oxygens (including phenoxy) is 1. The minimum atomic E-state index is -0.362. The predicted molar refractivity (Wildman–Crippen MR) is 68.1 cm³/mol. The maximum atomic E-state index is 9.10. The molecular formula is C13H14N4O. The third-order valence-corrected chi connectivity index (χ3v) is 3.35. The Morgan fingerprint density at radius 3 is 3.06 bits per heavy atom. The molecule has 1 N–H and O–H groups in total. The van der Waals surface area contributed by atoms with E-state index in [0.29, 0.717) is 19.8 Å². The van der Waals surface area contributed by atoms with Crippen LogP contribution in [0.3, 0.4) is 0 Å². The highest BCUT2D eigenvalue weighted by atomic mass is 16.5. The van der Waals surface area contributed by atoms with Gasteiger partial charge in [-0.25, -0.2) is 4.98 Å². The Bertz CT molecular complexity index is 621. The summed E-state index contributed by atoms with van der Waals surface area (Å²) in [7, 11) is 1.97. The number of aromatic nitrogens is 2. The molecule has 0 radical (unpaired) electrons. The summed E-state index contributed by atoms with van der Waals surface area (Å²) in [5.74, 6) is 0. The van der Waals surface area contributed by atoms with Crippen LogP contribution in [0.2, 0.25) is 0 Å². The molecule has 1 saturated heterocycles. The lowest BCUT2D eigenvalue weighted by atomic mass is 9.88. The molecule has 1 aromatic carbocycles. The fourth-order valence-electron chi connectivity index (χ4n) is 2.07. The van der Waals surface area contributed by atoms with Crippen molar-refractivity contribution < 1.29 is 4.74 Å². The van der Waals surface area contributed by atoms with Crippen LogP contribution in [-0.2, 0) is 11.8 Å². The van der Waals surface area contributed by atoms with Gasteiger partial charge in [0.05, 0.1) is 36.6 Å². The largest absolute Gasteiger partial charge is 0.383 e. The highest BCUT2D eigenvalue weighted by Crippen LogP contribution is 2.27. The van der Waals surface area contributed by atoms with Crippen LogP contribution < -0.4 is 5.32 Å². The van der Waals surface area contributed by atoms with Gasteiger partial charge in [-0.2, -0.15) is 5.26 Å². The van der Waals surface area contributed by atoms with Crippen molar-refractivity contribution in [3.05, 3.63) is 24.5 Å². The summed E-state index contributed by atoms with van der Waals surface area (Å²) in [4.78, 5) is 4.31. The maximum absolute atomic E-state index is 9.10. The Morgan fingerprint density at radius 2 is 2.39 bits per heavy atom. The molecule has 2 heterocycles. The predicted octanol–water partition coefficient (Wildman–Crippen LogP) is 1.53. The highest BCUT2D eigenvalue weighted by Gasteiger charge is 2.38. The summed E-state index contributed by atoms with van der Waals surface area (Å²) >= 11 is 0. The number of rotatable bonds is 3. The molecule has 3 rings (SSSR count). The molecule has 1 fully saturated rings. The lowest BCUT2D eigenvalue weighted by Crippen LogP contribution is -2.46. The van der Waals surface area contributed by atoms with Crippen molar-refractivity contribution in [2.24, 2.45) is 12.5 Å². The van der Waals surface area contributed by atoms with E-state index in [1.807, 2.05) is 29.8 Å². The van der Waals surface area contributed by atoms with Crippen molar-refractivity contribution in [1.29, 1.82) is 5.26 Å². The monoisotopic (exact) mass is 242 g/mol. The van der Waals surface area contributed by atoms with E-state index in [1.165, 1.54) is 0 Å². The van der Waals surface area contributed by atoms with Crippen LogP contribution in [0, 0.1) is 16.7 Å². The zero-order valence-corrected chi connectivity index (χ0v) is 10.2. The van der Waals surface area contributed by atoms with E-state index in [0.717, 1.165) is 16.7 Å². The van der Waals surface area contributed by atoms with E-state index in [1.54, 1.807) is 6.33 Å². The van der Waals surface area contributed by atoms with Crippen molar-refractivity contribution in [1.82, 2.24) is 9.55 Å². The van der Waals surface area contributed by atoms with Gasteiger partial charge in [-0.3, -0.25) is 0 Å². The molecule has 92 valence electrons. The second-order valence-corrected chi connectivity index (χ2v) is 4.80. The summed E-state index contributed by atoms with van der Waals surface area (Å²) in [6.07, 6.45) is 1.80. The summed E-state index contributed by atoms with van der Waals surface area (Å²) < 4.78 is 7.09. The summed E-state index contributed by atoms with van der Waals surface area (Å²) in [6, 6.07) is 8.36. The van der Waals surface area contributed by atoms with E-state index < -0.39 is 0 Å². The number of hydrogen-bond acceptors (Lipinski definition) is 4. The lowest BCUT2D eigenvalue weighted by molar-refractivity contribution is -0.0690. The van der Waals surface area contributed by atoms with Crippen LogP contribution in [0.15, 0.2) is 24.5 Å². The number of nitrogens with zero attached hydrogens (tertiary/aromatic N) is 3. The SMILES string of the molecule is Cn1cnc2cc(NCC3(C#N)COC3)ccc21. The van der Waals surface area contributed by atoms with Crippen LogP contribution in [0.5, 0.6) is 0 Å². The number of nitriles is 1.